The van der Waals surface area contributed by atoms with Gasteiger partial charge in [0.05, 0.1) is 11.0 Å². The van der Waals surface area contributed by atoms with E-state index in [2.05, 4.69) is 10.3 Å². The zero-order valence-corrected chi connectivity index (χ0v) is 10.5. The van der Waals surface area contributed by atoms with Crippen molar-refractivity contribution in [3.8, 4) is 0 Å². The number of nitrogens with one attached hydrogen (secondary N) is 1. The Morgan fingerprint density at radius 1 is 1.65 bits per heavy atom. The van der Waals surface area contributed by atoms with Crippen molar-refractivity contribution in [3.63, 3.8) is 0 Å². The van der Waals surface area contributed by atoms with Gasteiger partial charge in [0.1, 0.15) is 5.82 Å². The molecular weight excluding hydrogens is 238 g/mol. The molecule has 2 heterocycles. The summed E-state index contributed by atoms with van der Waals surface area (Å²) in [5.41, 5.74) is 0.726. The number of rotatable bonds is 3. The molecule has 2 rings (SSSR count). The van der Waals surface area contributed by atoms with E-state index < -0.39 is 0 Å². The fraction of sp³-hybridized carbons (Fsp3) is 0.545. The third kappa shape index (κ3) is 3.09. The first-order chi connectivity index (χ1) is 8.16. The fourth-order valence-corrected chi connectivity index (χ4v) is 2.92. The van der Waals surface area contributed by atoms with E-state index in [1.807, 2.05) is 11.8 Å². The Balaban J connectivity index is 2.10. The molecule has 0 aromatic carbocycles. The minimum atomic E-state index is -0.363. The minimum absolute atomic E-state index is 0.131. The molecule has 5 nitrogen and oxygen atoms in total. The highest BCUT2D eigenvalue weighted by molar-refractivity contribution is 7.99. The van der Waals surface area contributed by atoms with Crippen LogP contribution >= 0.6 is 11.8 Å². The molecule has 1 saturated heterocycles. The fourth-order valence-electron chi connectivity index (χ4n) is 1.85. The molecular formula is C11H15N3O2S. The topological polar surface area (TPSA) is 68.1 Å². The van der Waals surface area contributed by atoms with Crippen LogP contribution in [0.3, 0.4) is 0 Å². The molecule has 1 aliphatic rings. The maximum absolute atomic E-state index is 10.8. The number of pyridine rings is 1. The number of aryl methyl sites for hydroxylation is 1. The van der Waals surface area contributed by atoms with E-state index in [1.165, 1.54) is 18.2 Å². The summed E-state index contributed by atoms with van der Waals surface area (Å²) in [6, 6.07) is 1.90. The molecule has 0 bridgehead atoms. The van der Waals surface area contributed by atoms with Crippen LogP contribution in [0.15, 0.2) is 12.3 Å². The van der Waals surface area contributed by atoms with E-state index in [0.717, 1.165) is 12.2 Å². The van der Waals surface area contributed by atoms with Crippen molar-refractivity contribution < 1.29 is 4.92 Å². The predicted molar refractivity (Wildman–Crippen MR) is 69.6 cm³/mol. The van der Waals surface area contributed by atoms with Gasteiger partial charge in [-0.2, -0.15) is 11.8 Å². The molecule has 0 radical (unpaired) electrons. The molecule has 1 N–H and O–H groups in total. The Kier molecular flexibility index (Phi) is 3.83. The summed E-state index contributed by atoms with van der Waals surface area (Å²) in [4.78, 5) is 14.6. The number of nitro groups is 1. The third-order valence-electron chi connectivity index (χ3n) is 2.78. The second-order valence-corrected chi connectivity index (χ2v) is 5.32. The molecule has 17 heavy (non-hydrogen) atoms. The molecule has 0 spiro atoms. The normalized spacial score (nSPS) is 19.9. The molecule has 0 aliphatic carbocycles. The summed E-state index contributed by atoms with van der Waals surface area (Å²) < 4.78 is 0. The standard InChI is InChI=1S/C11H15N3O2S/c1-8-6-12-11(5-10(8)14(15)16)13-9-3-2-4-17-7-9/h5-6,9H,2-4,7H2,1H3,(H,12,13). The molecule has 1 aromatic heterocycles. The van der Waals surface area contributed by atoms with Gasteiger partial charge in [0.2, 0.25) is 0 Å². The van der Waals surface area contributed by atoms with Gasteiger partial charge in [0.25, 0.3) is 5.69 Å². The summed E-state index contributed by atoms with van der Waals surface area (Å²) in [5, 5.41) is 14.1. The van der Waals surface area contributed by atoms with Gasteiger partial charge in [-0.05, 0) is 25.5 Å². The molecule has 1 atom stereocenters. The lowest BCUT2D eigenvalue weighted by Crippen LogP contribution is -2.26. The van der Waals surface area contributed by atoms with E-state index in [-0.39, 0.29) is 10.6 Å². The van der Waals surface area contributed by atoms with Crippen LogP contribution in [-0.4, -0.2) is 27.5 Å². The molecule has 6 heteroatoms. The van der Waals surface area contributed by atoms with Gasteiger partial charge in [-0.25, -0.2) is 4.98 Å². The van der Waals surface area contributed by atoms with Crippen molar-refractivity contribution in [3.05, 3.63) is 27.9 Å². The summed E-state index contributed by atoms with van der Waals surface area (Å²) in [6.07, 6.45) is 3.85. The van der Waals surface area contributed by atoms with Gasteiger partial charge in [-0.1, -0.05) is 0 Å². The zero-order chi connectivity index (χ0) is 12.3. The molecule has 1 aromatic rings. The Morgan fingerprint density at radius 2 is 2.47 bits per heavy atom. The van der Waals surface area contributed by atoms with Gasteiger partial charge in [0, 0.05) is 23.6 Å². The van der Waals surface area contributed by atoms with Crippen LogP contribution in [0.4, 0.5) is 11.5 Å². The van der Waals surface area contributed by atoms with Crippen LogP contribution in [0.2, 0.25) is 0 Å². The van der Waals surface area contributed by atoms with Crippen LogP contribution in [0.1, 0.15) is 18.4 Å². The van der Waals surface area contributed by atoms with E-state index >= 15 is 0 Å². The molecule has 1 unspecified atom stereocenters. The molecule has 92 valence electrons. The average molecular weight is 253 g/mol. The van der Waals surface area contributed by atoms with Crippen molar-refractivity contribution in [1.29, 1.82) is 0 Å². The molecule has 1 fully saturated rings. The summed E-state index contributed by atoms with van der Waals surface area (Å²) in [5.74, 6) is 2.86. The predicted octanol–water partition coefficient (Wildman–Crippen LogP) is 2.61. The van der Waals surface area contributed by atoms with Gasteiger partial charge < -0.3 is 5.32 Å². The van der Waals surface area contributed by atoms with Crippen molar-refractivity contribution in [2.24, 2.45) is 0 Å². The first-order valence-corrected chi connectivity index (χ1v) is 6.77. The largest absolute Gasteiger partial charge is 0.366 e. The maximum Gasteiger partial charge on any atom is 0.277 e. The van der Waals surface area contributed by atoms with Gasteiger partial charge in [-0.3, -0.25) is 10.1 Å². The monoisotopic (exact) mass is 253 g/mol. The highest BCUT2D eigenvalue weighted by atomic mass is 32.2. The van der Waals surface area contributed by atoms with Crippen LogP contribution < -0.4 is 5.32 Å². The summed E-state index contributed by atoms with van der Waals surface area (Å²) in [7, 11) is 0. The lowest BCUT2D eigenvalue weighted by atomic mass is 10.2. The van der Waals surface area contributed by atoms with E-state index in [9.17, 15) is 10.1 Å². The number of hydrogen-bond acceptors (Lipinski definition) is 5. The second kappa shape index (κ2) is 5.35. The van der Waals surface area contributed by atoms with E-state index in [4.69, 9.17) is 0 Å². The van der Waals surface area contributed by atoms with Gasteiger partial charge in [-0.15, -0.1) is 0 Å². The second-order valence-electron chi connectivity index (χ2n) is 4.17. The quantitative estimate of drug-likeness (QED) is 0.662. The first kappa shape index (κ1) is 12.2. The highest BCUT2D eigenvalue weighted by Gasteiger charge is 2.16. The van der Waals surface area contributed by atoms with Crippen LogP contribution in [-0.2, 0) is 0 Å². The number of thioether (sulfide) groups is 1. The number of hydrogen-bond donors (Lipinski definition) is 1. The maximum atomic E-state index is 10.8. The van der Waals surface area contributed by atoms with E-state index in [0.29, 0.717) is 17.4 Å². The third-order valence-corrected chi connectivity index (χ3v) is 4.00. The van der Waals surface area contributed by atoms with Crippen molar-refractivity contribution in [1.82, 2.24) is 4.98 Å². The van der Waals surface area contributed by atoms with Gasteiger partial charge >= 0.3 is 0 Å². The number of anilines is 1. The molecule has 0 saturated carbocycles. The number of aromatic nitrogens is 1. The van der Waals surface area contributed by atoms with E-state index in [1.54, 1.807) is 13.1 Å². The van der Waals surface area contributed by atoms with Crippen molar-refractivity contribution in [2.45, 2.75) is 25.8 Å². The van der Waals surface area contributed by atoms with Crippen LogP contribution in [0.25, 0.3) is 0 Å². The molecule has 1 aliphatic heterocycles. The van der Waals surface area contributed by atoms with Crippen LogP contribution in [0.5, 0.6) is 0 Å². The van der Waals surface area contributed by atoms with Crippen LogP contribution in [0, 0.1) is 17.0 Å². The Morgan fingerprint density at radius 3 is 3.12 bits per heavy atom. The SMILES string of the molecule is Cc1cnc(NC2CCCSC2)cc1[N+](=O)[O-]. The minimum Gasteiger partial charge on any atom is -0.366 e. The lowest BCUT2D eigenvalue weighted by Gasteiger charge is -2.22. The average Bonchev–Trinajstić information content (AvgIpc) is 2.32. The summed E-state index contributed by atoms with van der Waals surface area (Å²) in [6.45, 7) is 1.70. The highest BCUT2D eigenvalue weighted by Crippen LogP contribution is 2.23. The van der Waals surface area contributed by atoms with Crippen molar-refractivity contribution >= 4 is 23.3 Å². The lowest BCUT2D eigenvalue weighted by molar-refractivity contribution is -0.385. The number of nitrogens with zero attached hydrogens (tertiary/aromatic N) is 2. The Labute approximate surface area is 104 Å². The molecule has 0 amide bonds. The summed E-state index contributed by atoms with van der Waals surface area (Å²) >= 11 is 1.91. The van der Waals surface area contributed by atoms with Gasteiger partial charge in [0.15, 0.2) is 0 Å². The van der Waals surface area contributed by atoms with Crippen molar-refractivity contribution in [2.75, 3.05) is 16.8 Å². The zero-order valence-electron chi connectivity index (χ0n) is 9.68. The Hall–Kier alpha value is -1.30. The first-order valence-electron chi connectivity index (χ1n) is 5.62. The Bertz CT molecular complexity index is 419. The smallest absolute Gasteiger partial charge is 0.277 e.